The summed E-state index contributed by atoms with van der Waals surface area (Å²) >= 11 is 3.52. The molecule has 44 heavy (non-hydrogen) atoms. The molecule has 0 N–H and O–H groups in total. The number of fused-ring (bicyclic) bond motifs is 4. The maximum Gasteiger partial charge on any atom is 0.127 e. The number of nitrogens with zero attached hydrogens (tertiary/aromatic N) is 4. The van der Waals surface area contributed by atoms with E-state index in [2.05, 4.69) is 145 Å². The van der Waals surface area contributed by atoms with Crippen LogP contribution in [0.5, 0.6) is 0 Å². The fourth-order valence-electron chi connectivity index (χ4n) is 6.64. The van der Waals surface area contributed by atoms with Gasteiger partial charge < -0.3 is 9.13 Å². The van der Waals surface area contributed by atoms with Gasteiger partial charge in [0.25, 0.3) is 0 Å². The molecule has 0 amide bonds. The third-order valence-electron chi connectivity index (χ3n) is 8.66. The molecule has 0 aliphatic heterocycles. The van der Waals surface area contributed by atoms with E-state index in [4.69, 9.17) is 9.97 Å². The van der Waals surface area contributed by atoms with Gasteiger partial charge in [0.1, 0.15) is 10.0 Å². The van der Waals surface area contributed by atoms with E-state index in [-0.39, 0.29) is 0 Å². The number of hydrogen-bond acceptors (Lipinski definition) is 4. The van der Waals surface area contributed by atoms with E-state index in [1.165, 1.54) is 64.8 Å². The minimum Gasteiger partial charge on any atom is -0.343 e. The van der Waals surface area contributed by atoms with Gasteiger partial charge in [-0.2, -0.15) is 0 Å². The van der Waals surface area contributed by atoms with Crippen molar-refractivity contribution in [3.05, 3.63) is 121 Å². The molecule has 0 saturated heterocycles. The van der Waals surface area contributed by atoms with Crippen LogP contribution < -0.4 is 0 Å². The molecular weight excluding hydrogens is 577 g/mol. The van der Waals surface area contributed by atoms with Crippen LogP contribution in [0, 0.1) is 0 Å². The van der Waals surface area contributed by atoms with E-state index in [0.717, 1.165) is 21.0 Å². The van der Waals surface area contributed by atoms with Gasteiger partial charge in [-0.25, -0.2) is 9.97 Å². The number of hydrogen-bond donors (Lipinski definition) is 0. The van der Waals surface area contributed by atoms with Crippen molar-refractivity contribution in [2.75, 3.05) is 0 Å². The maximum atomic E-state index is 5.09. The fourth-order valence-corrected chi connectivity index (χ4v) is 8.69. The van der Waals surface area contributed by atoms with Crippen molar-refractivity contribution in [1.29, 1.82) is 0 Å². The zero-order valence-electron chi connectivity index (χ0n) is 24.2. The molecule has 0 spiro atoms. The van der Waals surface area contributed by atoms with Crippen LogP contribution in [0.3, 0.4) is 0 Å². The van der Waals surface area contributed by atoms with Crippen LogP contribution in [-0.4, -0.2) is 19.1 Å². The molecule has 0 aliphatic rings. The molecule has 4 nitrogen and oxygen atoms in total. The Morgan fingerprint density at radius 1 is 0.455 bits per heavy atom. The Morgan fingerprint density at radius 2 is 0.841 bits per heavy atom. The van der Waals surface area contributed by atoms with Gasteiger partial charge in [0.2, 0.25) is 0 Å². The lowest BCUT2D eigenvalue weighted by molar-refractivity contribution is 0.976. The van der Waals surface area contributed by atoms with E-state index in [1.807, 2.05) is 0 Å². The lowest BCUT2D eigenvalue weighted by Gasteiger charge is -2.11. The predicted octanol–water partition coefficient (Wildman–Crippen LogP) is 10.6. The minimum atomic E-state index is 1.04. The summed E-state index contributed by atoms with van der Waals surface area (Å²) in [5.41, 5.74) is 11.6. The summed E-state index contributed by atoms with van der Waals surface area (Å²) in [4.78, 5) is 10.2. The van der Waals surface area contributed by atoms with Gasteiger partial charge in [0, 0.05) is 47.0 Å². The van der Waals surface area contributed by atoms with Gasteiger partial charge in [0.05, 0.1) is 31.8 Å². The Balaban J connectivity index is 1.24. The zero-order valence-corrected chi connectivity index (χ0v) is 25.8. The Kier molecular flexibility index (Phi) is 5.64. The smallest absolute Gasteiger partial charge is 0.127 e. The SMILES string of the molecule is Cn1c(-c2ccc(-c3c(-c4nc5ccccc5s4)c4ccccc4n3C)cc2)c(-c2nc3ccccc3s2)c2ccccc21. The van der Waals surface area contributed by atoms with Crippen molar-refractivity contribution in [2.24, 2.45) is 14.1 Å². The number of benzene rings is 5. The standard InChI is InChI=1S/C38H26N4S2/c1-41-29-15-7-3-11-25(29)33(37-39-27-13-5-9-17-31(27)43-37)35(41)23-19-21-24(22-20-23)36-34(26-12-4-8-16-30(26)42(36)2)38-40-28-14-6-10-18-32(28)44-38/h3-22H,1-2H3. The number of aromatic nitrogens is 4. The highest BCUT2D eigenvalue weighted by molar-refractivity contribution is 7.22. The monoisotopic (exact) mass is 602 g/mol. The molecule has 210 valence electrons. The molecule has 5 aromatic carbocycles. The summed E-state index contributed by atoms with van der Waals surface area (Å²) in [7, 11) is 4.33. The molecule has 0 atom stereocenters. The number of aryl methyl sites for hydroxylation is 2. The van der Waals surface area contributed by atoms with Gasteiger partial charge in [-0.1, -0.05) is 84.9 Å². The number of para-hydroxylation sites is 4. The first kappa shape index (κ1) is 25.5. The molecule has 0 unspecified atom stereocenters. The van der Waals surface area contributed by atoms with Crippen molar-refractivity contribution in [3.63, 3.8) is 0 Å². The van der Waals surface area contributed by atoms with Crippen molar-refractivity contribution >= 4 is 64.9 Å². The largest absolute Gasteiger partial charge is 0.343 e. The third-order valence-corrected chi connectivity index (χ3v) is 10.8. The van der Waals surface area contributed by atoms with Crippen LogP contribution >= 0.6 is 22.7 Å². The summed E-state index contributed by atoms with van der Waals surface area (Å²) in [6.07, 6.45) is 0. The summed E-state index contributed by atoms with van der Waals surface area (Å²) in [5, 5.41) is 4.54. The summed E-state index contributed by atoms with van der Waals surface area (Å²) in [5.74, 6) is 0. The van der Waals surface area contributed by atoms with Crippen molar-refractivity contribution < 1.29 is 0 Å². The van der Waals surface area contributed by atoms with Crippen LogP contribution in [0.25, 0.3) is 85.9 Å². The Bertz CT molecular complexity index is 2280. The van der Waals surface area contributed by atoms with Gasteiger partial charge in [-0.05, 0) is 47.5 Å². The summed E-state index contributed by atoms with van der Waals surface area (Å²) < 4.78 is 7.04. The molecule has 9 aromatic rings. The van der Waals surface area contributed by atoms with Crippen molar-refractivity contribution in [1.82, 2.24) is 19.1 Å². The fraction of sp³-hybridized carbons (Fsp3) is 0.0526. The zero-order chi connectivity index (χ0) is 29.4. The molecule has 0 fully saturated rings. The molecule has 4 heterocycles. The number of thiazole rings is 2. The average Bonchev–Trinajstić information content (AvgIpc) is 3.82. The molecule has 4 aromatic heterocycles. The highest BCUT2D eigenvalue weighted by Crippen LogP contribution is 2.46. The van der Waals surface area contributed by atoms with E-state index < -0.39 is 0 Å². The molecular formula is C38H26N4S2. The summed E-state index contributed by atoms with van der Waals surface area (Å²) in [6, 6.07) is 43.2. The topological polar surface area (TPSA) is 35.6 Å². The van der Waals surface area contributed by atoms with Gasteiger partial charge in [-0.3, -0.25) is 0 Å². The van der Waals surface area contributed by atoms with Gasteiger partial charge >= 0.3 is 0 Å². The molecule has 0 radical (unpaired) electrons. The highest BCUT2D eigenvalue weighted by atomic mass is 32.1. The van der Waals surface area contributed by atoms with Crippen molar-refractivity contribution in [2.45, 2.75) is 0 Å². The lowest BCUT2D eigenvalue weighted by atomic mass is 10.0. The average molecular weight is 603 g/mol. The first-order valence-electron chi connectivity index (χ1n) is 14.6. The molecule has 6 heteroatoms. The van der Waals surface area contributed by atoms with Crippen LogP contribution in [-0.2, 0) is 14.1 Å². The van der Waals surface area contributed by atoms with E-state index >= 15 is 0 Å². The van der Waals surface area contributed by atoms with Gasteiger partial charge in [-0.15, -0.1) is 22.7 Å². The van der Waals surface area contributed by atoms with Crippen LogP contribution in [0.1, 0.15) is 0 Å². The quantitative estimate of drug-likeness (QED) is 0.201. The highest BCUT2D eigenvalue weighted by Gasteiger charge is 2.23. The Labute approximate surface area is 262 Å². The first-order chi connectivity index (χ1) is 21.7. The molecule has 0 aliphatic carbocycles. The number of rotatable bonds is 4. The van der Waals surface area contributed by atoms with E-state index in [1.54, 1.807) is 22.7 Å². The predicted molar refractivity (Wildman–Crippen MR) is 187 cm³/mol. The lowest BCUT2D eigenvalue weighted by Crippen LogP contribution is -1.95. The molecule has 9 rings (SSSR count). The Hall–Kier alpha value is -5.04. The summed E-state index contributed by atoms with van der Waals surface area (Å²) in [6.45, 7) is 0. The van der Waals surface area contributed by atoms with Crippen molar-refractivity contribution in [3.8, 4) is 43.7 Å². The van der Waals surface area contributed by atoms with E-state index in [0.29, 0.717) is 0 Å². The third kappa shape index (κ3) is 3.75. The minimum absolute atomic E-state index is 1.04. The second-order valence-corrected chi connectivity index (χ2v) is 13.2. The normalized spacial score (nSPS) is 11.9. The molecule has 0 saturated carbocycles. The van der Waals surface area contributed by atoms with Gasteiger partial charge in [0.15, 0.2) is 0 Å². The second-order valence-electron chi connectivity index (χ2n) is 11.2. The van der Waals surface area contributed by atoms with Crippen LogP contribution in [0.15, 0.2) is 121 Å². The second kappa shape index (κ2) is 9.74. The van der Waals surface area contributed by atoms with Crippen LogP contribution in [0.4, 0.5) is 0 Å². The first-order valence-corrected chi connectivity index (χ1v) is 16.3. The van der Waals surface area contributed by atoms with Crippen LogP contribution in [0.2, 0.25) is 0 Å². The Morgan fingerprint density at radius 3 is 1.27 bits per heavy atom. The maximum absolute atomic E-state index is 5.09. The molecule has 0 bridgehead atoms. The van der Waals surface area contributed by atoms with E-state index in [9.17, 15) is 0 Å².